The van der Waals surface area contributed by atoms with E-state index in [0.29, 0.717) is 11.8 Å². The number of carbonyl (C=O) groups excluding carboxylic acids is 3. The van der Waals surface area contributed by atoms with E-state index in [9.17, 15) is 24.6 Å². The smallest absolute Gasteiger partial charge is 0.302 e. The molecule has 1 aliphatic rings. The summed E-state index contributed by atoms with van der Waals surface area (Å²) >= 11 is 6.09. The Kier molecular flexibility index (Phi) is 8.07. The molecule has 0 saturated heterocycles. The third kappa shape index (κ3) is 5.37. The van der Waals surface area contributed by atoms with Crippen molar-refractivity contribution in [3.63, 3.8) is 0 Å². The van der Waals surface area contributed by atoms with E-state index in [0.717, 1.165) is 5.57 Å². The van der Waals surface area contributed by atoms with Crippen LogP contribution in [0.15, 0.2) is 23.8 Å². The second kappa shape index (κ2) is 10.1. The van der Waals surface area contributed by atoms with E-state index in [4.69, 9.17) is 16.3 Å². The Balaban J connectivity index is 2.24. The average molecular weight is 449 g/mol. The van der Waals surface area contributed by atoms with E-state index in [1.54, 1.807) is 13.0 Å². The Labute approximate surface area is 187 Å². The van der Waals surface area contributed by atoms with Crippen LogP contribution >= 0.6 is 11.6 Å². The quantitative estimate of drug-likeness (QED) is 0.371. The highest BCUT2D eigenvalue weighted by Gasteiger charge is 2.39. The largest absolute Gasteiger partial charge is 0.507 e. The highest BCUT2D eigenvalue weighted by Crippen LogP contribution is 2.40. The van der Waals surface area contributed by atoms with Crippen LogP contribution in [0.2, 0.25) is 5.02 Å². The number of aromatic hydroxyl groups is 2. The highest BCUT2D eigenvalue weighted by atomic mass is 35.5. The lowest BCUT2D eigenvalue weighted by Gasteiger charge is -2.37. The maximum Gasteiger partial charge on any atom is 0.302 e. The molecular formula is C24H29ClO6. The molecule has 0 spiro atoms. The number of benzene rings is 1. The number of phenolic OH excluding ortho intramolecular Hbond substituents is 2. The van der Waals surface area contributed by atoms with Gasteiger partial charge in [-0.25, -0.2) is 0 Å². The first-order valence-electron chi connectivity index (χ1n) is 10.2. The van der Waals surface area contributed by atoms with E-state index in [1.165, 1.54) is 6.92 Å². The molecule has 2 N–H and O–H groups in total. The normalized spacial score (nSPS) is 24.5. The van der Waals surface area contributed by atoms with Crippen molar-refractivity contribution in [3.8, 4) is 11.5 Å². The zero-order valence-electron chi connectivity index (χ0n) is 18.4. The van der Waals surface area contributed by atoms with Gasteiger partial charge in [0.1, 0.15) is 23.4 Å². The van der Waals surface area contributed by atoms with Gasteiger partial charge in [-0.15, -0.1) is 0 Å². The zero-order chi connectivity index (χ0) is 23.5. The summed E-state index contributed by atoms with van der Waals surface area (Å²) < 4.78 is 5.33. The molecule has 6 nitrogen and oxygen atoms in total. The molecule has 0 aliphatic heterocycles. The van der Waals surface area contributed by atoms with Gasteiger partial charge in [-0.1, -0.05) is 49.2 Å². The fourth-order valence-electron chi connectivity index (χ4n) is 4.00. The van der Waals surface area contributed by atoms with Crippen molar-refractivity contribution in [1.82, 2.24) is 0 Å². The number of hydrogen-bond donors (Lipinski definition) is 2. The number of carbonyl (C=O) groups is 3. The van der Waals surface area contributed by atoms with Crippen LogP contribution in [-0.4, -0.2) is 34.4 Å². The van der Waals surface area contributed by atoms with Gasteiger partial charge in [0.25, 0.3) is 0 Å². The fraction of sp³-hybridized carbons (Fsp3) is 0.458. The second-order valence-electron chi connectivity index (χ2n) is 8.20. The Morgan fingerprint density at radius 3 is 2.45 bits per heavy atom. The first-order chi connectivity index (χ1) is 14.5. The van der Waals surface area contributed by atoms with E-state index in [1.807, 2.05) is 32.9 Å². The molecule has 1 aliphatic carbocycles. The van der Waals surface area contributed by atoms with Gasteiger partial charge in [0, 0.05) is 30.7 Å². The molecule has 4 atom stereocenters. The van der Waals surface area contributed by atoms with Crippen molar-refractivity contribution in [2.24, 2.45) is 17.8 Å². The second-order valence-corrected chi connectivity index (χ2v) is 8.58. The van der Waals surface area contributed by atoms with Crippen molar-refractivity contribution in [3.05, 3.63) is 45.5 Å². The monoisotopic (exact) mass is 448 g/mol. The molecule has 0 bridgehead atoms. The van der Waals surface area contributed by atoms with Crippen molar-refractivity contribution in [2.45, 2.75) is 53.6 Å². The fourth-order valence-corrected chi connectivity index (χ4v) is 4.22. The van der Waals surface area contributed by atoms with Gasteiger partial charge in [-0.05, 0) is 31.7 Å². The number of hydrogen-bond acceptors (Lipinski definition) is 6. The minimum Gasteiger partial charge on any atom is -0.507 e. The number of halogens is 1. The Bertz CT molecular complexity index is 946. The highest BCUT2D eigenvalue weighted by molar-refractivity contribution is 6.33. The molecule has 1 fully saturated rings. The molecular weight excluding hydrogens is 420 g/mol. The molecule has 1 saturated carbocycles. The predicted molar refractivity (Wildman–Crippen MR) is 119 cm³/mol. The summed E-state index contributed by atoms with van der Waals surface area (Å²) in [5, 5.41) is 20.7. The van der Waals surface area contributed by atoms with Crippen LogP contribution in [0.3, 0.4) is 0 Å². The minimum atomic E-state index is -0.439. The van der Waals surface area contributed by atoms with Gasteiger partial charge in [-0.2, -0.15) is 0 Å². The van der Waals surface area contributed by atoms with E-state index in [2.05, 4.69) is 0 Å². The summed E-state index contributed by atoms with van der Waals surface area (Å²) in [5.41, 5.74) is 1.39. The Hall–Kier alpha value is -2.60. The number of esters is 1. The Morgan fingerprint density at radius 2 is 1.87 bits per heavy atom. The van der Waals surface area contributed by atoms with Crippen LogP contribution in [0, 0.1) is 24.7 Å². The van der Waals surface area contributed by atoms with E-state index in [-0.39, 0.29) is 64.0 Å². The van der Waals surface area contributed by atoms with Crippen LogP contribution in [0.1, 0.15) is 55.6 Å². The molecule has 0 radical (unpaired) electrons. The topological polar surface area (TPSA) is 101 Å². The lowest BCUT2D eigenvalue weighted by atomic mass is 9.71. The number of ketones is 1. The summed E-state index contributed by atoms with van der Waals surface area (Å²) in [7, 11) is 0. The van der Waals surface area contributed by atoms with Gasteiger partial charge in [0.2, 0.25) is 0 Å². The molecule has 1 aromatic carbocycles. The third-order valence-corrected chi connectivity index (χ3v) is 6.56. The molecule has 0 amide bonds. The third-order valence-electron chi connectivity index (χ3n) is 6.09. The van der Waals surface area contributed by atoms with Crippen molar-refractivity contribution >= 4 is 29.6 Å². The van der Waals surface area contributed by atoms with Gasteiger partial charge in [-0.3, -0.25) is 14.4 Å². The van der Waals surface area contributed by atoms with Gasteiger partial charge >= 0.3 is 5.97 Å². The molecule has 0 aromatic heterocycles. The molecule has 0 heterocycles. The number of allylic oxidation sites excluding steroid dienone is 4. The summed E-state index contributed by atoms with van der Waals surface area (Å²) in [6.45, 7) is 8.59. The minimum absolute atomic E-state index is 0.0141. The number of rotatable bonds is 6. The number of phenols is 2. The standard InChI is InChI=1S/C24H29ClO6/c1-12(7-9-18-23(29)19(11-26)15(4)22(25)24(18)30)6-8-17-13(2)20(28)10-21(14(17)3)31-16(5)27/h6-8,11,13-14,17,21,29-30H,9-10H2,1-5H3/b8-6+,12-7-. The summed E-state index contributed by atoms with van der Waals surface area (Å²) in [5.74, 6) is -1.17. The first-order valence-corrected chi connectivity index (χ1v) is 10.6. The van der Waals surface area contributed by atoms with Crippen LogP contribution in [-0.2, 0) is 20.7 Å². The first kappa shape index (κ1) is 24.7. The molecule has 2 rings (SSSR count). The van der Waals surface area contributed by atoms with Gasteiger partial charge in [0.15, 0.2) is 6.29 Å². The molecule has 1 aromatic rings. The SMILES string of the molecule is CC(=O)OC1CC(=O)C(C)C(/C=C/C(C)=C\Cc2c(O)c(Cl)c(C)c(C=O)c2O)C1C. The molecule has 4 unspecified atom stereocenters. The molecule has 7 heteroatoms. The maximum absolute atomic E-state index is 12.4. The number of aldehydes is 1. The molecule has 31 heavy (non-hydrogen) atoms. The summed E-state index contributed by atoms with van der Waals surface area (Å²) in [6, 6.07) is 0. The number of ether oxygens (including phenoxy) is 1. The van der Waals surface area contributed by atoms with Gasteiger partial charge in [0.05, 0.1) is 10.6 Å². The lowest BCUT2D eigenvalue weighted by molar-refractivity contribution is -0.155. The Morgan fingerprint density at radius 1 is 1.23 bits per heavy atom. The van der Waals surface area contributed by atoms with Crippen LogP contribution in [0.5, 0.6) is 11.5 Å². The van der Waals surface area contributed by atoms with Crippen molar-refractivity contribution in [1.29, 1.82) is 0 Å². The van der Waals surface area contributed by atoms with Crippen LogP contribution in [0.4, 0.5) is 0 Å². The maximum atomic E-state index is 12.4. The van der Waals surface area contributed by atoms with Crippen molar-refractivity contribution in [2.75, 3.05) is 0 Å². The van der Waals surface area contributed by atoms with E-state index < -0.39 is 12.1 Å². The predicted octanol–water partition coefficient (Wildman–Crippen LogP) is 4.71. The summed E-state index contributed by atoms with van der Waals surface area (Å²) in [4.78, 5) is 35.0. The summed E-state index contributed by atoms with van der Waals surface area (Å²) in [6.07, 6.45) is 6.06. The lowest BCUT2D eigenvalue weighted by Crippen LogP contribution is -2.42. The zero-order valence-corrected chi connectivity index (χ0v) is 19.2. The number of Topliss-reactive ketones (excluding diaryl/α,β-unsaturated/α-hetero) is 1. The molecule has 168 valence electrons. The average Bonchev–Trinajstić information content (AvgIpc) is 2.70. The van der Waals surface area contributed by atoms with Crippen molar-refractivity contribution < 1.29 is 29.3 Å². The van der Waals surface area contributed by atoms with Crippen LogP contribution in [0.25, 0.3) is 0 Å². The van der Waals surface area contributed by atoms with E-state index >= 15 is 0 Å². The van der Waals surface area contributed by atoms with Crippen LogP contribution < -0.4 is 0 Å². The van der Waals surface area contributed by atoms with Gasteiger partial charge < -0.3 is 14.9 Å².